The molecule has 0 fully saturated rings. The second kappa shape index (κ2) is 16.2. The summed E-state index contributed by atoms with van der Waals surface area (Å²) in [6.45, 7) is 5.28. The van der Waals surface area contributed by atoms with E-state index < -0.39 is 34.4 Å². The van der Waals surface area contributed by atoms with Crippen LogP contribution in [0.25, 0.3) is 0 Å². The number of aryl methyl sites for hydroxylation is 1. The van der Waals surface area contributed by atoms with Crippen LogP contribution in [0.2, 0.25) is 20.1 Å². The van der Waals surface area contributed by atoms with E-state index in [4.69, 9.17) is 46.4 Å². The summed E-state index contributed by atoms with van der Waals surface area (Å²) in [5, 5.41) is 3.89. The summed E-state index contributed by atoms with van der Waals surface area (Å²) in [4.78, 5) is 29.8. The number of hydrogen-bond donors (Lipinski definition) is 1. The van der Waals surface area contributed by atoms with Gasteiger partial charge in [0, 0.05) is 45.2 Å². The van der Waals surface area contributed by atoms with E-state index in [0.29, 0.717) is 22.2 Å². The highest BCUT2D eigenvalue weighted by atomic mass is 35.5. The lowest BCUT2D eigenvalue weighted by atomic mass is 10.0. The van der Waals surface area contributed by atoms with Crippen molar-refractivity contribution in [1.82, 2.24) is 10.2 Å². The zero-order chi connectivity index (χ0) is 34.3. The van der Waals surface area contributed by atoms with Crippen molar-refractivity contribution in [2.45, 2.75) is 44.7 Å². The Morgan fingerprint density at radius 2 is 1.40 bits per heavy atom. The van der Waals surface area contributed by atoms with Crippen LogP contribution in [0.1, 0.15) is 30.5 Å². The number of carbonyl (C=O) groups is 2. The van der Waals surface area contributed by atoms with Crippen LogP contribution in [0.15, 0.2) is 95.9 Å². The lowest BCUT2D eigenvalue weighted by molar-refractivity contribution is -0.140. The number of hydrogen-bond acceptors (Lipinski definition) is 4. The second-order valence-corrected chi connectivity index (χ2v) is 15.1. The molecule has 0 saturated heterocycles. The van der Waals surface area contributed by atoms with Gasteiger partial charge in [0.2, 0.25) is 11.8 Å². The molecule has 0 aliphatic heterocycles. The number of rotatable bonds is 13. The first-order valence-electron chi connectivity index (χ1n) is 14.9. The van der Waals surface area contributed by atoms with Gasteiger partial charge < -0.3 is 10.2 Å². The first-order valence-corrected chi connectivity index (χ1v) is 17.8. The van der Waals surface area contributed by atoms with E-state index in [1.807, 2.05) is 51.1 Å². The minimum Gasteiger partial charge on any atom is -0.354 e. The average Bonchev–Trinajstić information content (AvgIpc) is 3.01. The van der Waals surface area contributed by atoms with E-state index in [1.165, 1.54) is 35.2 Å². The van der Waals surface area contributed by atoms with Crippen LogP contribution in [-0.4, -0.2) is 44.3 Å². The number of halogens is 4. The molecule has 0 aromatic heterocycles. The second-order valence-electron chi connectivity index (χ2n) is 11.5. The van der Waals surface area contributed by atoms with Gasteiger partial charge in [0.05, 0.1) is 10.6 Å². The molecule has 0 aliphatic carbocycles. The number of anilines is 1. The molecule has 2 amide bonds. The lowest BCUT2D eigenvalue weighted by Crippen LogP contribution is -2.53. The van der Waals surface area contributed by atoms with Crippen molar-refractivity contribution in [3.8, 4) is 0 Å². The Morgan fingerprint density at radius 3 is 1.98 bits per heavy atom. The molecule has 0 saturated carbocycles. The highest BCUT2D eigenvalue weighted by molar-refractivity contribution is 7.92. The molecule has 0 spiro atoms. The van der Waals surface area contributed by atoms with Crippen molar-refractivity contribution in [2.75, 3.05) is 17.4 Å². The minimum absolute atomic E-state index is 0.0387. The van der Waals surface area contributed by atoms with Crippen molar-refractivity contribution in [3.05, 3.63) is 128 Å². The number of nitrogens with one attached hydrogen (secondary N) is 1. The molecule has 0 heterocycles. The Kier molecular flexibility index (Phi) is 12.6. The summed E-state index contributed by atoms with van der Waals surface area (Å²) >= 11 is 25.8. The van der Waals surface area contributed by atoms with Crippen LogP contribution >= 0.6 is 46.4 Å². The number of carbonyl (C=O) groups excluding carboxylic acids is 2. The highest BCUT2D eigenvalue weighted by Crippen LogP contribution is 2.31. The van der Waals surface area contributed by atoms with Crippen LogP contribution in [0.5, 0.6) is 0 Å². The first kappa shape index (κ1) is 36.6. The summed E-state index contributed by atoms with van der Waals surface area (Å²) in [5.41, 5.74) is 2.15. The maximum atomic E-state index is 14.6. The summed E-state index contributed by atoms with van der Waals surface area (Å²) in [5.74, 6) is -0.938. The molecule has 47 heavy (non-hydrogen) atoms. The first-order chi connectivity index (χ1) is 22.3. The third-order valence-electron chi connectivity index (χ3n) is 7.37. The van der Waals surface area contributed by atoms with Gasteiger partial charge in [-0.2, -0.15) is 0 Å². The largest absolute Gasteiger partial charge is 0.354 e. The molecular formula is C35H35Cl4N3O4S. The molecule has 0 aliphatic rings. The lowest BCUT2D eigenvalue weighted by Gasteiger charge is -2.34. The van der Waals surface area contributed by atoms with Crippen molar-refractivity contribution in [2.24, 2.45) is 5.92 Å². The SMILES string of the molecule is Cc1ccc(S(=O)(=O)N(CC(=O)N(Cc2c(Cl)cccc2Cl)[C@@H](Cc2ccccc2)C(=O)NCC(C)C)c2cc(Cl)cc(Cl)c2)cc1. The topological polar surface area (TPSA) is 86.8 Å². The van der Waals surface area contributed by atoms with Gasteiger partial charge in [-0.25, -0.2) is 8.42 Å². The van der Waals surface area contributed by atoms with Gasteiger partial charge >= 0.3 is 0 Å². The van der Waals surface area contributed by atoms with Crippen LogP contribution in [0.4, 0.5) is 5.69 Å². The van der Waals surface area contributed by atoms with Gasteiger partial charge in [0.1, 0.15) is 12.6 Å². The fourth-order valence-corrected chi connectivity index (χ4v) is 7.31. The smallest absolute Gasteiger partial charge is 0.264 e. The van der Waals surface area contributed by atoms with Crippen LogP contribution in [-0.2, 0) is 32.6 Å². The molecule has 1 atom stereocenters. The van der Waals surface area contributed by atoms with Crippen LogP contribution < -0.4 is 9.62 Å². The molecule has 0 bridgehead atoms. The molecule has 248 valence electrons. The van der Waals surface area contributed by atoms with Gasteiger partial charge in [-0.05, 0) is 60.9 Å². The molecule has 0 unspecified atom stereocenters. The minimum atomic E-state index is -4.33. The van der Waals surface area contributed by atoms with Crippen molar-refractivity contribution in [3.63, 3.8) is 0 Å². The fraction of sp³-hybridized carbons (Fsp3) is 0.257. The van der Waals surface area contributed by atoms with E-state index in [-0.39, 0.29) is 39.5 Å². The van der Waals surface area contributed by atoms with E-state index in [1.54, 1.807) is 30.3 Å². The Hall–Kier alpha value is -3.27. The quantitative estimate of drug-likeness (QED) is 0.150. The number of nitrogens with zero attached hydrogens (tertiary/aromatic N) is 2. The standard InChI is InChI=1S/C35H35Cl4N3O4S/c1-23(2)20-40-35(44)33(16-25-8-5-4-6-9-25)41(21-30-31(38)10-7-11-32(30)39)34(43)22-42(28-18-26(36)17-27(37)19-28)47(45,46)29-14-12-24(3)13-15-29/h4-15,17-19,23,33H,16,20-22H2,1-3H3,(H,40,44)/t33-/m0/s1. The molecule has 7 nitrogen and oxygen atoms in total. The predicted octanol–water partition coefficient (Wildman–Crippen LogP) is 8.22. The van der Waals surface area contributed by atoms with Crippen molar-refractivity contribution >= 4 is 73.9 Å². The fourth-order valence-electron chi connectivity index (χ4n) is 4.88. The van der Waals surface area contributed by atoms with Gasteiger partial charge in [-0.15, -0.1) is 0 Å². The molecule has 0 radical (unpaired) electrons. The molecule has 1 N–H and O–H groups in total. The monoisotopic (exact) mass is 733 g/mol. The Labute approximate surface area is 296 Å². The van der Waals surface area contributed by atoms with Crippen molar-refractivity contribution < 1.29 is 18.0 Å². The van der Waals surface area contributed by atoms with Gasteiger partial charge in [0.15, 0.2) is 0 Å². The zero-order valence-electron chi connectivity index (χ0n) is 26.1. The highest BCUT2D eigenvalue weighted by Gasteiger charge is 2.35. The van der Waals surface area contributed by atoms with E-state index >= 15 is 0 Å². The Morgan fingerprint density at radius 1 is 0.809 bits per heavy atom. The summed E-state index contributed by atoms with van der Waals surface area (Å²) in [6.07, 6.45) is 0.145. The third kappa shape index (κ3) is 9.64. The molecule has 12 heteroatoms. The van der Waals surface area contributed by atoms with E-state index in [9.17, 15) is 18.0 Å². The molecular weight excluding hydrogens is 700 g/mol. The zero-order valence-corrected chi connectivity index (χ0v) is 29.9. The maximum Gasteiger partial charge on any atom is 0.264 e. The molecule has 4 aromatic rings. The Bertz CT molecular complexity index is 1780. The summed E-state index contributed by atoms with van der Waals surface area (Å²) in [6, 6.07) is 23.7. The normalized spacial score (nSPS) is 12.1. The van der Waals surface area contributed by atoms with Gasteiger partial charge in [-0.1, -0.05) is 114 Å². The van der Waals surface area contributed by atoms with Gasteiger partial charge in [0.25, 0.3) is 10.0 Å². The van der Waals surface area contributed by atoms with Crippen molar-refractivity contribution in [1.29, 1.82) is 0 Å². The molecule has 4 rings (SSSR count). The number of sulfonamides is 1. The van der Waals surface area contributed by atoms with Crippen LogP contribution in [0, 0.1) is 12.8 Å². The average molecular weight is 736 g/mol. The van der Waals surface area contributed by atoms with Crippen LogP contribution in [0.3, 0.4) is 0 Å². The summed E-state index contributed by atoms with van der Waals surface area (Å²) < 4.78 is 29.4. The van der Waals surface area contributed by atoms with Gasteiger partial charge in [-0.3, -0.25) is 13.9 Å². The summed E-state index contributed by atoms with van der Waals surface area (Å²) in [7, 11) is -4.33. The third-order valence-corrected chi connectivity index (χ3v) is 10.3. The molecule has 4 aromatic carbocycles. The predicted molar refractivity (Wildman–Crippen MR) is 191 cm³/mol. The number of benzene rings is 4. The number of amides is 2. The Balaban J connectivity index is 1.86. The van der Waals surface area contributed by atoms with E-state index in [2.05, 4.69) is 5.32 Å². The maximum absolute atomic E-state index is 14.6. The van der Waals surface area contributed by atoms with E-state index in [0.717, 1.165) is 15.4 Å².